The summed E-state index contributed by atoms with van der Waals surface area (Å²) in [6, 6.07) is 0.453. The highest BCUT2D eigenvalue weighted by molar-refractivity contribution is 5.50. The largest absolute Gasteiger partial charge is 0.437 e. The molecule has 0 aliphatic heterocycles. The van der Waals surface area contributed by atoms with Crippen LogP contribution in [0.25, 0.3) is 11.6 Å². The number of rotatable bonds is 2. The first kappa shape index (κ1) is 12.4. The Morgan fingerprint density at radius 2 is 1.79 bits per heavy atom. The van der Waals surface area contributed by atoms with E-state index in [4.69, 9.17) is 4.42 Å². The van der Waals surface area contributed by atoms with Gasteiger partial charge in [-0.25, -0.2) is 14.6 Å². The first-order valence-corrected chi connectivity index (χ1v) is 7.02. The van der Waals surface area contributed by atoms with Crippen LogP contribution in [0.5, 0.6) is 0 Å². The molecule has 1 aliphatic rings. The number of nitrogens with zero attached hydrogens (tertiary/aromatic N) is 4. The van der Waals surface area contributed by atoms with E-state index in [0.717, 1.165) is 23.1 Å². The van der Waals surface area contributed by atoms with Crippen molar-refractivity contribution in [3.63, 3.8) is 0 Å². The van der Waals surface area contributed by atoms with Crippen LogP contribution in [0.3, 0.4) is 0 Å². The van der Waals surface area contributed by atoms with E-state index >= 15 is 0 Å². The molecule has 0 bridgehead atoms. The number of hydrogen-bond donors (Lipinski definition) is 0. The average Bonchev–Trinajstić information content (AvgIpc) is 2.93. The number of aromatic nitrogens is 4. The van der Waals surface area contributed by atoms with Gasteiger partial charge in [0.05, 0.1) is 11.7 Å². The third-order valence-electron chi connectivity index (χ3n) is 3.76. The molecule has 0 amide bonds. The van der Waals surface area contributed by atoms with Gasteiger partial charge in [-0.2, -0.15) is 5.10 Å². The van der Waals surface area contributed by atoms with Gasteiger partial charge < -0.3 is 4.42 Å². The van der Waals surface area contributed by atoms with Crippen LogP contribution < -0.4 is 0 Å². The Labute approximate surface area is 113 Å². The van der Waals surface area contributed by atoms with Crippen LogP contribution in [-0.4, -0.2) is 19.7 Å². The van der Waals surface area contributed by atoms with Crippen molar-refractivity contribution in [1.82, 2.24) is 19.7 Å². The Bertz CT molecular complexity index is 578. The first-order valence-electron chi connectivity index (χ1n) is 7.02. The molecule has 2 heterocycles. The Morgan fingerprint density at radius 1 is 1.05 bits per heavy atom. The van der Waals surface area contributed by atoms with Gasteiger partial charge in [-0.1, -0.05) is 19.3 Å². The summed E-state index contributed by atoms with van der Waals surface area (Å²) in [6.07, 6.45) is 6.25. The number of oxazole rings is 1. The lowest BCUT2D eigenvalue weighted by Gasteiger charge is -2.22. The van der Waals surface area contributed by atoms with E-state index in [-0.39, 0.29) is 0 Å². The molecule has 0 radical (unpaired) electrons. The first-order chi connectivity index (χ1) is 9.15. The summed E-state index contributed by atoms with van der Waals surface area (Å²) >= 11 is 0. The highest BCUT2D eigenvalue weighted by Crippen LogP contribution is 2.32. The van der Waals surface area contributed by atoms with Crippen LogP contribution in [-0.2, 0) is 0 Å². The van der Waals surface area contributed by atoms with Gasteiger partial charge in [0.15, 0.2) is 17.5 Å². The Hall–Kier alpha value is -1.65. The minimum absolute atomic E-state index is 0.453. The maximum absolute atomic E-state index is 5.71. The fourth-order valence-corrected chi connectivity index (χ4v) is 2.90. The van der Waals surface area contributed by atoms with Crippen LogP contribution in [0, 0.1) is 20.8 Å². The summed E-state index contributed by atoms with van der Waals surface area (Å²) in [5, 5.41) is 4.58. The molecule has 2 aromatic rings. The predicted molar refractivity (Wildman–Crippen MR) is 71.9 cm³/mol. The number of aryl methyl sites for hydroxylation is 3. The SMILES string of the molecule is Cc1nc(-c2oc(C)nc2C)n(C2CCCCC2)n1. The summed E-state index contributed by atoms with van der Waals surface area (Å²) < 4.78 is 7.77. The lowest BCUT2D eigenvalue weighted by atomic mass is 9.95. The zero-order chi connectivity index (χ0) is 13.4. The minimum Gasteiger partial charge on any atom is -0.437 e. The quantitative estimate of drug-likeness (QED) is 0.830. The molecular weight excluding hydrogens is 240 g/mol. The summed E-state index contributed by atoms with van der Waals surface area (Å²) in [7, 11) is 0. The maximum Gasteiger partial charge on any atom is 0.196 e. The lowest BCUT2D eigenvalue weighted by molar-refractivity contribution is 0.329. The Balaban J connectivity index is 2.03. The third-order valence-corrected chi connectivity index (χ3v) is 3.76. The molecule has 1 aliphatic carbocycles. The summed E-state index contributed by atoms with van der Waals surface area (Å²) in [6.45, 7) is 5.76. The van der Waals surface area contributed by atoms with Gasteiger partial charge in [-0.05, 0) is 26.7 Å². The minimum atomic E-state index is 0.453. The second-order valence-corrected chi connectivity index (χ2v) is 5.37. The van der Waals surface area contributed by atoms with E-state index in [0.29, 0.717) is 11.9 Å². The van der Waals surface area contributed by atoms with Crippen molar-refractivity contribution in [3.8, 4) is 11.6 Å². The molecule has 0 atom stereocenters. The van der Waals surface area contributed by atoms with Crippen molar-refractivity contribution in [2.45, 2.75) is 58.9 Å². The van der Waals surface area contributed by atoms with Crippen molar-refractivity contribution >= 4 is 0 Å². The highest BCUT2D eigenvalue weighted by Gasteiger charge is 2.24. The average molecular weight is 260 g/mol. The van der Waals surface area contributed by atoms with Crippen LogP contribution >= 0.6 is 0 Å². The zero-order valence-electron chi connectivity index (χ0n) is 11.8. The lowest BCUT2D eigenvalue weighted by Crippen LogP contribution is -2.15. The molecule has 1 fully saturated rings. The second kappa shape index (κ2) is 4.79. The number of hydrogen-bond acceptors (Lipinski definition) is 4. The standard InChI is InChI=1S/C14H20N4O/c1-9-13(19-11(3)15-9)14-16-10(2)17-18(14)12-7-5-4-6-8-12/h12H,4-8H2,1-3H3. The van der Waals surface area contributed by atoms with Gasteiger partial charge in [-0.3, -0.25) is 0 Å². The van der Waals surface area contributed by atoms with E-state index in [1.807, 2.05) is 20.8 Å². The van der Waals surface area contributed by atoms with E-state index in [1.165, 1.54) is 32.1 Å². The maximum atomic E-state index is 5.71. The molecule has 3 rings (SSSR count). The fourth-order valence-electron chi connectivity index (χ4n) is 2.90. The monoisotopic (exact) mass is 260 g/mol. The molecule has 5 nitrogen and oxygen atoms in total. The van der Waals surface area contributed by atoms with Gasteiger partial charge >= 0.3 is 0 Å². The summed E-state index contributed by atoms with van der Waals surface area (Å²) in [4.78, 5) is 8.88. The van der Waals surface area contributed by atoms with E-state index in [9.17, 15) is 0 Å². The smallest absolute Gasteiger partial charge is 0.196 e. The molecule has 0 N–H and O–H groups in total. The van der Waals surface area contributed by atoms with E-state index in [1.54, 1.807) is 0 Å². The predicted octanol–water partition coefficient (Wildman–Crippen LogP) is 3.36. The molecule has 1 saturated carbocycles. The van der Waals surface area contributed by atoms with Gasteiger partial charge in [0.2, 0.25) is 0 Å². The molecule has 102 valence electrons. The third kappa shape index (κ3) is 2.29. The van der Waals surface area contributed by atoms with Crippen LogP contribution in [0.4, 0.5) is 0 Å². The van der Waals surface area contributed by atoms with Gasteiger partial charge in [0.1, 0.15) is 5.82 Å². The molecule has 19 heavy (non-hydrogen) atoms. The molecule has 0 unspecified atom stereocenters. The zero-order valence-corrected chi connectivity index (χ0v) is 11.8. The molecule has 2 aromatic heterocycles. The van der Waals surface area contributed by atoms with Gasteiger partial charge in [0.25, 0.3) is 0 Å². The molecule has 0 aromatic carbocycles. The van der Waals surface area contributed by atoms with E-state index in [2.05, 4.69) is 19.7 Å². The van der Waals surface area contributed by atoms with Crippen LogP contribution in [0.2, 0.25) is 0 Å². The Morgan fingerprint density at radius 3 is 2.42 bits per heavy atom. The summed E-state index contributed by atoms with van der Waals surface area (Å²) in [5.74, 6) is 3.09. The topological polar surface area (TPSA) is 56.7 Å². The van der Waals surface area contributed by atoms with Gasteiger partial charge in [-0.15, -0.1) is 0 Å². The van der Waals surface area contributed by atoms with Crippen LogP contribution in [0.1, 0.15) is 55.6 Å². The highest BCUT2D eigenvalue weighted by atomic mass is 16.4. The molecule has 0 saturated heterocycles. The van der Waals surface area contributed by atoms with Crippen LogP contribution in [0.15, 0.2) is 4.42 Å². The van der Waals surface area contributed by atoms with Crippen molar-refractivity contribution < 1.29 is 4.42 Å². The van der Waals surface area contributed by atoms with Gasteiger partial charge in [0, 0.05) is 6.92 Å². The van der Waals surface area contributed by atoms with Crippen molar-refractivity contribution in [1.29, 1.82) is 0 Å². The van der Waals surface area contributed by atoms with Crippen molar-refractivity contribution in [2.24, 2.45) is 0 Å². The Kier molecular flexibility index (Phi) is 3.12. The summed E-state index contributed by atoms with van der Waals surface area (Å²) in [5.41, 5.74) is 0.891. The molecular formula is C14H20N4O. The molecule has 0 spiro atoms. The molecule has 5 heteroatoms. The van der Waals surface area contributed by atoms with E-state index < -0.39 is 0 Å². The normalized spacial score (nSPS) is 17.0. The van der Waals surface area contributed by atoms with Crippen molar-refractivity contribution in [2.75, 3.05) is 0 Å². The van der Waals surface area contributed by atoms with Crippen molar-refractivity contribution in [3.05, 3.63) is 17.4 Å². The fraction of sp³-hybridized carbons (Fsp3) is 0.643. The second-order valence-electron chi connectivity index (χ2n) is 5.37.